The van der Waals surface area contributed by atoms with Gasteiger partial charge in [-0.2, -0.15) is 0 Å². The van der Waals surface area contributed by atoms with Crippen molar-refractivity contribution in [1.82, 2.24) is 0 Å². The van der Waals surface area contributed by atoms with Gasteiger partial charge in [0.05, 0.1) is 11.6 Å². The van der Waals surface area contributed by atoms with Crippen molar-refractivity contribution in [3.63, 3.8) is 0 Å². The molecule has 12 heavy (non-hydrogen) atoms. The van der Waals surface area contributed by atoms with Crippen LogP contribution in [0.15, 0.2) is 21.8 Å². The van der Waals surface area contributed by atoms with Gasteiger partial charge in [-0.1, -0.05) is 0 Å². The molecule has 1 aromatic rings. The summed E-state index contributed by atoms with van der Waals surface area (Å²) in [5, 5.41) is 2.64. The third-order valence-electron chi connectivity index (χ3n) is 1.34. The number of nitrogens with zero attached hydrogens (tertiary/aromatic N) is 1. The number of ether oxygens (including phenoxy) is 1. The van der Waals surface area contributed by atoms with E-state index in [-0.39, 0.29) is 15.9 Å². The van der Waals surface area contributed by atoms with Crippen molar-refractivity contribution in [2.45, 2.75) is 0 Å². The van der Waals surface area contributed by atoms with Gasteiger partial charge in [-0.25, -0.2) is 4.39 Å². The first kappa shape index (κ1) is 9.12. The quantitative estimate of drug-likeness (QED) is 0.737. The summed E-state index contributed by atoms with van der Waals surface area (Å²) in [6.07, 6.45) is 0. The van der Waals surface area contributed by atoms with Crippen molar-refractivity contribution in [3.8, 4) is 5.75 Å². The van der Waals surface area contributed by atoms with Gasteiger partial charge >= 0.3 is 0 Å². The molecule has 0 amide bonds. The molecular formula is C7H5BrFNO2. The largest absolute Gasteiger partial charge is 0.494 e. The second-order valence-corrected chi connectivity index (χ2v) is 2.80. The molecule has 0 fully saturated rings. The molecule has 0 radical (unpaired) electrons. The van der Waals surface area contributed by atoms with E-state index in [1.54, 1.807) is 0 Å². The molecule has 1 aromatic carbocycles. The lowest BCUT2D eigenvalue weighted by molar-refractivity contribution is 0.414. The normalized spacial score (nSPS) is 9.58. The molecule has 0 atom stereocenters. The molecule has 5 heteroatoms. The number of methoxy groups -OCH3 is 1. The summed E-state index contributed by atoms with van der Waals surface area (Å²) in [5.74, 6) is -0.288. The van der Waals surface area contributed by atoms with E-state index in [9.17, 15) is 9.30 Å². The predicted octanol–water partition coefficient (Wildman–Crippen LogP) is 2.99. The van der Waals surface area contributed by atoms with E-state index in [4.69, 9.17) is 4.74 Å². The minimum absolute atomic E-state index is 0.0249. The number of halogens is 2. The van der Waals surface area contributed by atoms with Crippen LogP contribution in [0.4, 0.5) is 10.1 Å². The summed E-state index contributed by atoms with van der Waals surface area (Å²) < 4.78 is 17.6. The molecule has 0 aliphatic heterocycles. The Kier molecular flexibility index (Phi) is 2.75. The fraction of sp³-hybridized carbons (Fsp3) is 0.143. The molecule has 0 N–H and O–H groups in total. The van der Waals surface area contributed by atoms with Crippen LogP contribution in [-0.2, 0) is 0 Å². The maximum Gasteiger partial charge on any atom is 0.166 e. The summed E-state index contributed by atoms with van der Waals surface area (Å²) in [6.45, 7) is 0. The van der Waals surface area contributed by atoms with Crippen molar-refractivity contribution in [2.24, 2.45) is 5.18 Å². The summed E-state index contributed by atoms with van der Waals surface area (Å²) in [4.78, 5) is 10.2. The molecule has 0 saturated heterocycles. The Balaban J connectivity index is 3.35. The topological polar surface area (TPSA) is 38.7 Å². The average molecular weight is 234 g/mol. The van der Waals surface area contributed by atoms with Gasteiger partial charge in [-0.05, 0) is 33.2 Å². The lowest BCUT2D eigenvalue weighted by Gasteiger charge is -2.03. The first-order valence-electron chi connectivity index (χ1n) is 3.06. The fourth-order valence-corrected chi connectivity index (χ4v) is 1.17. The van der Waals surface area contributed by atoms with Crippen LogP contribution in [-0.4, -0.2) is 7.11 Å². The minimum Gasteiger partial charge on any atom is -0.494 e. The Hall–Kier alpha value is -0.970. The van der Waals surface area contributed by atoms with Gasteiger partial charge in [0.2, 0.25) is 0 Å². The van der Waals surface area contributed by atoms with Crippen LogP contribution < -0.4 is 4.74 Å². The molecule has 1 rings (SSSR count). The van der Waals surface area contributed by atoms with E-state index in [2.05, 4.69) is 21.1 Å². The second kappa shape index (κ2) is 3.62. The lowest BCUT2D eigenvalue weighted by atomic mass is 10.3. The summed E-state index contributed by atoms with van der Waals surface area (Å²) >= 11 is 2.88. The zero-order chi connectivity index (χ0) is 9.14. The zero-order valence-corrected chi connectivity index (χ0v) is 7.76. The average Bonchev–Trinajstić information content (AvgIpc) is 2.09. The molecule has 0 aliphatic rings. The SMILES string of the molecule is COc1ccc(F)c(Br)c1N=O. The Labute approximate surface area is 76.6 Å². The number of hydrogen-bond donors (Lipinski definition) is 0. The molecule has 0 heterocycles. The van der Waals surface area contributed by atoms with Gasteiger partial charge in [0.1, 0.15) is 11.6 Å². The maximum atomic E-state index is 12.8. The van der Waals surface area contributed by atoms with E-state index >= 15 is 0 Å². The smallest absolute Gasteiger partial charge is 0.166 e. The summed E-state index contributed by atoms with van der Waals surface area (Å²) in [6, 6.07) is 2.54. The van der Waals surface area contributed by atoms with Gasteiger partial charge in [0, 0.05) is 0 Å². The molecule has 64 valence electrons. The van der Waals surface area contributed by atoms with Crippen molar-refractivity contribution in [1.29, 1.82) is 0 Å². The van der Waals surface area contributed by atoms with Crippen LogP contribution in [0.1, 0.15) is 0 Å². The number of benzene rings is 1. The van der Waals surface area contributed by atoms with E-state index in [0.29, 0.717) is 0 Å². The van der Waals surface area contributed by atoms with Crippen LogP contribution in [0.25, 0.3) is 0 Å². The van der Waals surface area contributed by atoms with Crippen molar-refractivity contribution >= 4 is 21.6 Å². The van der Waals surface area contributed by atoms with E-state index in [1.165, 1.54) is 19.2 Å². The standard InChI is InChI=1S/C7H5BrFNO2/c1-12-5-3-2-4(9)6(8)7(5)10-11/h2-3H,1H3. The molecule has 0 saturated carbocycles. The highest BCUT2D eigenvalue weighted by Gasteiger charge is 2.11. The van der Waals surface area contributed by atoms with E-state index in [0.717, 1.165) is 0 Å². The fourth-order valence-electron chi connectivity index (χ4n) is 0.772. The van der Waals surface area contributed by atoms with Crippen LogP contribution in [0.5, 0.6) is 5.75 Å². The van der Waals surface area contributed by atoms with Gasteiger partial charge in [0.25, 0.3) is 0 Å². The molecule has 0 aliphatic carbocycles. The van der Waals surface area contributed by atoms with E-state index < -0.39 is 5.82 Å². The number of hydrogen-bond acceptors (Lipinski definition) is 3. The van der Waals surface area contributed by atoms with Crippen LogP contribution in [0.2, 0.25) is 0 Å². The predicted molar refractivity (Wildman–Crippen MR) is 46.1 cm³/mol. The highest BCUT2D eigenvalue weighted by molar-refractivity contribution is 9.10. The highest BCUT2D eigenvalue weighted by atomic mass is 79.9. The first-order valence-corrected chi connectivity index (χ1v) is 3.85. The third kappa shape index (κ3) is 1.45. The van der Waals surface area contributed by atoms with Crippen molar-refractivity contribution < 1.29 is 9.13 Å². The molecule has 0 aromatic heterocycles. The van der Waals surface area contributed by atoms with Crippen LogP contribution >= 0.6 is 15.9 Å². The van der Waals surface area contributed by atoms with Crippen LogP contribution in [0.3, 0.4) is 0 Å². The van der Waals surface area contributed by atoms with E-state index in [1.807, 2.05) is 0 Å². The van der Waals surface area contributed by atoms with Crippen molar-refractivity contribution in [3.05, 3.63) is 27.3 Å². The third-order valence-corrected chi connectivity index (χ3v) is 2.10. The molecule has 0 unspecified atom stereocenters. The van der Waals surface area contributed by atoms with Gasteiger partial charge in [-0.3, -0.25) is 0 Å². The maximum absolute atomic E-state index is 12.8. The monoisotopic (exact) mass is 233 g/mol. The second-order valence-electron chi connectivity index (χ2n) is 2.00. The zero-order valence-electron chi connectivity index (χ0n) is 6.17. The van der Waals surface area contributed by atoms with Gasteiger partial charge < -0.3 is 4.74 Å². The Morgan fingerprint density at radius 1 is 1.58 bits per heavy atom. The Bertz CT molecular complexity index is 317. The molecule has 0 bridgehead atoms. The van der Waals surface area contributed by atoms with Gasteiger partial charge in [0.15, 0.2) is 5.69 Å². The van der Waals surface area contributed by atoms with Gasteiger partial charge in [-0.15, -0.1) is 4.91 Å². The number of rotatable bonds is 2. The molecule has 0 spiro atoms. The minimum atomic E-state index is -0.537. The Morgan fingerprint density at radius 2 is 2.25 bits per heavy atom. The molecule has 3 nitrogen and oxygen atoms in total. The first-order chi connectivity index (χ1) is 5.70. The summed E-state index contributed by atoms with van der Waals surface area (Å²) in [7, 11) is 1.38. The lowest BCUT2D eigenvalue weighted by Crippen LogP contribution is -1.86. The summed E-state index contributed by atoms with van der Waals surface area (Å²) in [5.41, 5.74) is -0.0579. The number of nitroso groups, excluding NO2 is 1. The Morgan fingerprint density at radius 3 is 2.75 bits per heavy atom. The molecular weight excluding hydrogens is 229 g/mol. The van der Waals surface area contributed by atoms with Crippen LogP contribution in [0, 0.1) is 10.7 Å². The van der Waals surface area contributed by atoms with Crippen molar-refractivity contribution in [2.75, 3.05) is 7.11 Å². The highest BCUT2D eigenvalue weighted by Crippen LogP contribution is 2.36.